The Morgan fingerprint density at radius 1 is 1.30 bits per heavy atom. The highest BCUT2D eigenvalue weighted by atomic mass is 35.5. The fourth-order valence-corrected chi connectivity index (χ4v) is 3.23. The Balaban J connectivity index is 1.88. The van der Waals surface area contributed by atoms with Gasteiger partial charge in [0.1, 0.15) is 0 Å². The molecule has 0 amide bonds. The molecule has 0 spiro atoms. The van der Waals surface area contributed by atoms with E-state index in [0.29, 0.717) is 6.54 Å². The molecule has 0 fully saturated rings. The van der Waals surface area contributed by atoms with Gasteiger partial charge in [-0.3, -0.25) is 0 Å². The first kappa shape index (κ1) is 17.8. The zero-order chi connectivity index (χ0) is 16.7. The fourth-order valence-electron chi connectivity index (χ4n) is 2.08. The number of hydrogen-bond acceptors (Lipinski definition) is 3. The van der Waals surface area contributed by atoms with Crippen molar-refractivity contribution in [2.75, 3.05) is 13.1 Å². The van der Waals surface area contributed by atoms with E-state index in [4.69, 9.17) is 11.6 Å². The summed E-state index contributed by atoms with van der Waals surface area (Å²) in [5.41, 5.74) is 2.23. The van der Waals surface area contributed by atoms with Gasteiger partial charge >= 0.3 is 0 Å². The zero-order valence-electron chi connectivity index (χ0n) is 13.8. The number of rotatable bonds is 6. The van der Waals surface area contributed by atoms with Crippen LogP contribution in [-0.4, -0.2) is 24.0 Å². The predicted molar refractivity (Wildman–Crippen MR) is 99.6 cm³/mol. The smallest absolute Gasteiger partial charge is 0.191 e. The first-order chi connectivity index (χ1) is 11.1. The lowest BCUT2D eigenvalue weighted by molar-refractivity contribution is 0.795. The second-order valence-corrected chi connectivity index (χ2v) is 6.98. The van der Waals surface area contributed by atoms with E-state index in [0.717, 1.165) is 46.8 Å². The number of aliphatic imine (C=N–C) groups is 1. The van der Waals surface area contributed by atoms with Crippen LogP contribution >= 0.6 is 22.9 Å². The normalized spacial score (nSPS) is 11.6. The van der Waals surface area contributed by atoms with Gasteiger partial charge < -0.3 is 10.6 Å². The highest BCUT2D eigenvalue weighted by Gasteiger charge is 2.04. The van der Waals surface area contributed by atoms with Crippen molar-refractivity contribution in [3.63, 3.8) is 0 Å². The number of halogens is 1. The summed E-state index contributed by atoms with van der Waals surface area (Å²) in [5.74, 6) is 0.817. The van der Waals surface area contributed by atoms with Crippen LogP contribution in [0.1, 0.15) is 28.1 Å². The van der Waals surface area contributed by atoms with E-state index in [9.17, 15) is 0 Å². The molecule has 23 heavy (non-hydrogen) atoms. The van der Waals surface area contributed by atoms with Gasteiger partial charge in [0.15, 0.2) is 5.96 Å². The van der Waals surface area contributed by atoms with E-state index in [-0.39, 0.29) is 0 Å². The van der Waals surface area contributed by atoms with Gasteiger partial charge in [0.2, 0.25) is 0 Å². The largest absolute Gasteiger partial charge is 0.357 e. The Bertz CT molecular complexity index is 647. The molecule has 0 atom stereocenters. The Hall–Kier alpha value is -1.59. The molecule has 2 aromatic rings. The van der Waals surface area contributed by atoms with Gasteiger partial charge in [-0.25, -0.2) is 9.98 Å². The van der Waals surface area contributed by atoms with Crippen molar-refractivity contribution in [1.82, 2.24) is 15.6 Å². The molecular weight excluding hydrogens is 328 g/mol. The van der Waals surface area contributed by atoms with Gasteiger partial charge in [0, 0.05) is 29.4 Å². The van der Waals surface area contributed by atoms with Crippen molar-refractivity contribution in [1.29, 1.82) is 0 Å². The van der Waals surface area contributed by atoms with Crippen LogP contribution in [0.5, 0.6) is 0 Å². The lowest BCUT2D eigenvalue weighted by Crippen LogP contribution is -2.38. The molecule has 0 aliphatic carbocycles. The predicted octanol–water partition coefficient (Wildman–Crippen LogP) is 3.71. The molecule has 1 aromatic heterocycles. The van der Waals surface area contributed by atoms with Crippen LogP contribution in [0, 0.1) is 13.8 Å². The Kier molecular flexibility index (Phi) is 6.86. The summed E-state index contributed by atoms with van der Waals surface area (Å²) in [6, 6.07) is 7.78. The molecule has 0 radical (unpaired) electrons. The highest BCUT2D eigenvalue weighted by molar-refractivity contribution is 7.11. The van der Waals surface area contributed by atoms with Gasteiger partial charge in [-0.05, 0) is 38.5 Å². The third-order valence-electron chi connectivity index (χ3n) is 3.36. The summed E-state index contributed by atoms with van der Waals surface area (Å²) in [5, 5.41) is 8.52. The van der Waals surface area contributed by atoms with Crippen molar-refractivity contribution in [2.45, 2.75) is 33.7 Å². The molecular formula is C17H23ClN4S. The Labute approximate surface area is 147 Å². The second kappa shape index (κ2) is 8.89. The number of hydrogen-bond donors (Lipinski definition) is 2. The molecule has 0 aliphatic heterocycles. The number of aromatic nitrogens is 1. The topological polar surface area (TPSA) is 49.3 Å². The van der Waals surface area contributed by atoms with E-state index >= 15 is 0 Å². The molecule has 0 unspecified atom stereocenters. The van der Waals surface area contributed by atoms with E-state index in [1.807, 2.05) is 24.3 Å². The first-order valence-electron chi connectivity index (χ1n) is 7.78. The van der Waals surface area contributed by atoms with Crippen molar-refractivity contribution < 1.29 is 0 Å². The van der Waals surface area contributed by atoms with Crippen LogP contribution in [0.4, 0.5) is 0 Å². The Morgan fingerprint density at radius 2 is 2.13 bits per heavy atom. The van der Waals surface area contributed by atoms with E-state index in [1.54, 1.807) is 11.3 Å². The van der Waals surface area contributed by atoms with Crippen molar-refractivity contribution in [3.05, 3.63) is 50.4 Å². The Morgan fingerprint density at radius 3 is 2.78 bits per heavy atom. The molecule has 0 aliphatic rings. The van der Waals surface area contributed by atoms with Crippen LogP contribution in [0.25, 0.3) is 0 Å². The minimum absolute atomic E-state index is 0.603. The number of aryl methyl sites for hydroxylation is 2. The van der Waals surface area contributed by atoms with Gasteiger partial charge in [-0.2, -0.15) is 0 Å². The van der Waals surface area contributed by atoms with Crippen molar-refractivity contribution in [3.8, 4) is 0 Å². The van der Waals surface area contributed by atoms with E-state index in [2.05, 4.69) is 41.4 Å². The summed E-state index contributed by atoms with van der Waals surface area (Å²) in [6.45, 7) is 8.47. The molecule has 2 N–H and O–H groups in total. The first-order valence-corrected chi connectivity index (χ1v) is 8.97. The monoisotopic (exact) mass is 350 g/mol. The van der Waals surface area contributed by atoms with Crippen LogP contribution in [0.2, 0.25) is 5.02 Å². The average molecular weight is 351 g/mol. The van der Waals surface area contributed by atoms with E-state index in [1.165, 1.54) is 4.88 Å². The van der Waals surface area contributed by atoms with Gasteiger partial charge in [-0.15, -0.1) is 11.3 Å². The zero-order valence-corrected chi connectivity index (χ0v) is 15.4. The van der Waals surface area contributed by atoms with Gasteiger partial charge in [-0.1, -0.05) is 23.7 Å². The minimum atomic E-state index is 0.603. The summed E-state index contributed by atoms with van der Waals surface area (Å²) in [4.78, 5) is 10.5. The maximum Gasteiger partial charge on any atom is 0.191 e. The summed E-state index contributed by atoms with van der Waals surface area (Å²) >= 11 is 7.77. The van der Waals surface area contributed by atoms with Crippen molar-refractivity contribution >= 4 is 28.9 Å². The third-order valence-corrected chi connectivity index (χ3v) is 4.72. The molecule has 1 heterocycles. The number of nitrogens with one attached hydrogen (secondary N) is 2. The minimum Gasteiger partial charge on any atom is -0.357 e. The molecule has 0 saturated heterocycles. The summed E-state index contributed by atoms with van der Waals surface area (Å²) < 4.78 is 0. The summed E-state index contributed by atoms with van der Waals surface area (Å²) in [7, 11) is 0. The molecule has 1 aromatic carbocycles. The molecule has 6 heteroatoms. The molecule has 0 saturated carbocycles. The SMILES string of the molecule is CCNC(=NCc1cccc(Cl)c1)NCCc1nc(C)c(C)s1. The number of thiazole rings is 1. The number of nitrogens with zero attached hydrogens (tertiary/aromatic N) is 2. The third kappa shape index (κ3) is 5.84. The lowest BCUT2D eigenvalue weighted by atomic mass is 10.2. The van der Waals surface area contributed by atoms with Crippen LogP contribution in [-0.2, 0) is 13.0 Å². The molecule has 124 valence electrons. The average Bonchev–Trinajstić information content (AvgIpc) is 2.83. The highest BCUT2D eigenvalue weighted by Crippen LogP contribution is 2.16. The maximum atomic E-state index is 6.00. The molecule has 0 bridgehead atoms. The molecule has 2 rings (SSSR count). The van der Waals surface area contributed by atoms with Crippen LogP contribution in [0.3, 0.4) is 0 Å². The number of guanidine groups is 1. The quantitative estimate of drug-likeness (QED) is 0.616. The number of benzene rings is 1. The van der Waals surface area contributed by atoms with Crippen molar-refractivity contribution in [2.24, 2.45) is 4.99 Å². The second-order valence-electron chi connectivity index (χ2n) is 5.25. The fraction of sp³-hybridized carbons (Fsp3) is 0.412. The van der Waals surface area contributed by atoms with Gasteiger partial charge in [0.25, 0.3) is 0 Å². The standard InChI is InChI=1S/C17H23ClN4S/c1-4-19-17(21-11-14-6-5-7-15(18)10-14)20-9-8-16-22-12(2)13(3)23-16/h5-7,10H,4,8-9,11H2,1-3H3,(H2,19,20,21). The lowest BCUT2D eigenvalue weighted by Gasteiger charge is -2.10. The molecule has 4 nitrogen and oxygen atoms in total. The van der Waals surface area contributed by atoms with Crippen LogP contribution in [0.15, 0.2) is 29.3 Å². The van der Waals surface area contributed by atoms with Crippen LogP contribution < -0.4 is 10.6 Å². The van der Waals surface area contributed by atoms with Gasteiger partial charge in [0.05, 0.1) is 17.2 Å². The summed E-state index contributed by atoms with van der Waals surface area (Å²) in [6.07, 6.45) is 0.904. The van der Waals surface area contributed by atoms with E-state index < -0.39 is 0 Å². The maximum absolute atomic E-state index is 6.00.